The van der Waals surface area contributed by atoms with E-state index in [1.165, 1.54) is 0 Å². The molecule has 2 aliphatic heterocycles. The first-order chi connectivity index (χ1) is 25.1. The second-order valence-electron chi connectivity index (χ2n) is 19.9. The lowest BCUT2D eigenvalue weighted by molar-refractivity contribution is -0.367. The molecule has 0 bridgehead atoms. The van der Waals surface area contributed by atoms with E-state index in [9.17, 15) is 45.6 Å². The number of rotatable bonds is 6. The van der Waals surface area contributed by atoms with Crippen LogP contribution in [0, 0.1) is 50.7 Å². The molecule has 0 aromatic carbocycles. The first-order valence-corrected chi connectivity index (χ1v) is 20.4. The maximum atomic E-state index is 13.1. The normalized spacial score (nSPS) is 55.7. The third kappa shape index (κ3) is 5.68. The van der Waals surface area contributed by atoms with Gasteiger partial charge < -0.3 is 59.8 Å². The van der Waals surface area contributed by atoms with Crippen molar-refractivity contribution in [1.29, 1.82) is 0 Å². The van der Waals surface area contributed by atoms with Gasteiger partial charge in [-0.05, 0) is 104 Å². The van der Waals surface area contributed by atoms with Crippen LogP contribution < -0.4 is 0 Å². The largest absolute Gasteiger partial charge is 0.481 e. The summed E-state index contributed by atoms with van der Waals surface area (Å²) in [7, 11) is 0. The van der Waals surface area contributed by atoms with Crippen molar-refractivity contribution in [3.63, 3.8) is 0 Å². The number of aliphatic hydroxyl groups excluding tert-OH is 6. The van der Waals surface area contributed by atoms with E-state index in [1.807, 2.05) is 6.92 Å². The number of carboxylic acids is 1. The summed E-state index contributed by atoms with van der Waals surface area (Å²) < 4.78 is 24.2. The highest BCUT2D eigenvalue weighted by molar-refractivity contribution is 5.77. The van der Waals surface area contributed by atoms with Gasteiger partial charge in [-0.3, -0.25) is 4.79 Å². The van der Waals surface area contributed by atoms with Crippen LogP contribution in [-0.2, 0) is 23.7 Å². The van der Waals surface area contributed by atoms with Crippen molar-refractivity contribution in [2.24, 2.45) is 50.7 Å². The van der Waals surface area contributed by atoms with Gasteiger partial charge in [0, 0.05) is 5.92 Å². The molecule has 13 heteroatoms. The molecule has 2 heterocycles. The van der Waals surface area contributed by atoms with Gasteiger partial charge in [-0.2, -0.15) is 0 Å². The molecule has 8 N–H and O–H groups in total. The summed E-state index contributed by atoms with van der Waals surface area (Å²) >= 11 is 0. The molecule has 6 unspecified atom stereocenters. The zero-order chi connectivity index (χ0) is 39.6. The lowest BCUT2D eigenvalue weighted by Crippen LogP contribution is -2.68. The number of fused-ring (bicyclic) bond motifs is 7. The van der Waals surface area contributed by atoms with E-state index < -0.39 is 84.8 Å². The fourth-order valence-corrected chi connectivity index (χ4v) is 13.6. The zero-order valence-electron chi connectivity index (χ0n) is 33.1. The van der Waals surface area contributed by atoms with Crippen molar-refractivity contribution in [3.8, 4) is 0 Å². The highest BCUT2D eigenvalue weighted by Gasteiger charge is 2.71. The fourth-order valence-electron chi connectivity index (χ4n) is 13.6. The van der Waals surface area contributed by atoms with E-state index in [2.05, 4.69) is 47.6 Å². The Morgan fingerprint density at radius 1 is 0.833 bits per heavy atom. The minimum Gasteiger partial charge on any atom is -0.481 e. The summed E-state index contributed by atoms with van der Waals surface area (Å²) in [5.74, 6) is -0.672. The van der Waals surface area contributed by atoms with Crippen molar-refractivity contribution >= 4 is 5.97 Å². The molecule has 19 atom stereocenters. The fraction of sp³-hybridized carbons (Fsp3) is 0.927. The smallest absolute Gasteiger partial charge is 0.310 e. The molecule has 0 radical (unpaired) electrons. The van der Waals surface area contributed by atoms with Crippen molar-refractivity contribution in [2.75, 3.05) is 13.2 Å². The van der Waals surface area contributed by atoms with Gasteiger partial charge in [0.15, 0.2) is 12.6 Å². The van der Waals surface area contributed by atoms with Crippen molar-refractivity contribution in [1.82, 2.24) is 0 Å². The summed E-state index contributed by atoms with van der Waals surface area (Å²) in [6, 6.07) is 0. The quantitative estimate of drug-likeness (QED) is 0.144. The molecular weight excluding hydrogens is 700 g/mol. The molecule has 54 heavy (non-hydrogen) atoms. The SMILES string of the molecule is CC1CC[C@]2(C(=O)O)CC[C@]3(C)C(=CC[C@@H]4[C@@]5(C)CCC(O[C@@H]6OCC(O)C(O)[C@H]6O[C@@H]6O[C@H](CO)[C@@H](O)C(O)C6O)C(C)(C)[C@@H]5CC[C@]43C)[C@@H]2[C@]1(C)O. The predicted octanol–water partition coefficient (Wildman–Crippen LogP) is 2.49. The summed E-state index contributed by atoms with van der Waals surface area (Å²) in [6.07, 6.45) is -4.14. The summed E-state index contributed by atoms with van der Waals surface area (Å²) in [5.41, 5.74) is -1.77. The Balaban J connectivity index is 1.14. The Hall–Kier alpha value is -1.23. The van der Waals surface area contributed by atoms with Crippen molar-refractivity contribution in [3.05, 3.63) is 11.6 Å². The van der Waals surface area contributed by atoms with E-state index in [4.69, 9.17) is 18.9 Å². The van der Waals surface area contributed by atoms with Crippen LogP contribution >= 0.6 is 0 Å². The number of carbonyl (C=O) groups is 1. The van der Waals surface area contributed by atoms with Crippen molar-refractivity contribution in [2.45, 2.75) is 173 Å². The molecule has 308 valence electrons. The average Bonchev–Trinajstić information content (AvgIpc) is 3.10. The minimum absolute atomic E-state index is 0.00666. The van der Waals surface area contributed by atoms with Gasteiger partial charge in [-0.15, -0.1) is 0 Å². The molecule has 13 nitrogen and oxygen atoms in total. The highest BCUT2D eigenvalue weighted by Crippen LogP contribution is 2.76. The Labute approximate surface area is 319 Å². The first-order valence-electron chi connectivity index (χ1n) is 20.4. The second-order valence-corrected chi connectivity index (χ2v) is 19.9. The van der Waals surface area contributed by atoms with Crippen LogP contribution in [0.15, 0.2) is 11.6 Å². The minimum atomic E-state index is -1.71. The maximum absolute atomic E-state index is 13.1. The first kappa shape index (κ1) is 40.9. The summed E-state index contributed by atoms with van der Waals surface area (Å²) in [4.78, 5) is 13.1. The van der Waals surface area contributed by atoms with Gasteiger partial charge in [-0.25, -0.2) is 0 Å². The van der Waals surface area contributed by atoms with E-state index in [1.54, 1.807) is 0 Å². The number of aliphatic carboxylic acids is 1. The number of aliphatic hydroxyl groups is 7. The van der Waals surface area contributed by atoms with Crippen LogP contribution in [0.5, 0.6) is 0 Å². The molecule has 4 saturated carbocycles. The molecule has 5 aliphatic carbocycles. The maximum Gasteiger partial charge on any atom is 0.310 e. The number of carboxylic acid groups (broad SMARTS) is 1. The van der Waals surface area contributed by atoms with Gasteiger partial charge in [0.2, 0.25) is 0 Å². The summed E-state index contributed by atoms with van der Waals surface area (Å²) in [6.45, 7) is 14.7. The molecule has 0 aromatic heterocycles. The van der Waals surface area contributed by atoms with Crippen molar-refractivity contribution < 1.29 is 64.6 Å². The number of hydrogen-bond acceptors (Lipinski definition) is 12. The third-order valence-electron chi connectivity index (χ3n) is 17.3. The molecule has 0 amide bonds. The van der Waals surface area contributed by atoms with Gasteiger partial charge in [-0.1, -0.05) is 53.2 Å². The summed E-state index contributed by atoms with van der Waals surface area (Å²) in [5, 5.41) is 85.5. The van der Waals surface area contributed by atoms with E-state index in [-0.39, 0.29) is 46.2 Å². The monoisotopic (exact) mass is 766 g/mol. The predicted molar refractivity (Wildman–Crippen MR) is 193 cm³/mol. The van der Waals surface area contributed by atoms with Crippen LogP contribution in [0.4, 0.5) is 0 Å². The molecule has 0 aromatic rings. The van der Waals surface area contributed by atoms with Crippen LogP contribution in [0.1, 0.15) is 106 Å². The van der Waals surface area contributed by atoms with E-state index >= 15 is 0 Å². The Kier molecular flexibility index (Phi) is 10.4. The molecule has 7 aliphatic rings. The van der Waals surface area contributed by atoms with Crippen LogP contribution in [0.2, 0.25) is 0 Å². The van der Waals surface area contributed by atoms with Gasteiger partial charge in [0.1, 0.15) is 42.7 Å². The Bertz CT molecular complexity index is 1470. The second kappa shape index (κ2) is 13.7. The molecule has 7 rings (SSSR count). The van der Waals surface area contributed by atoms with Crippen LogP contribution in [0.3, 0.4) is 0 Å². The number of hydrogen-bond donors (Lipinski definition) is 8. The number of allylic oxidation sites excluding steroid dienone is 1. The third-order valence-corrected chi connectivity index (χ3v) is 17.3. The van der Waals surface area contributed by atoms with E-state index in [0.717, 1.165) is 37.7 Å². The highest BCUT2D eigenvalue weighted by atomic mass is 16.8. The Morgan fingerprint density at radius 2 is 1.54 bits per heavy atom. The Morgan fingerprint density at radius 3 is 2.20 bits per heavy atom. The standard InChI is InChI=1S/C41H66O13/c1-20-10-15-41(35(48)49)17-16-38(5)21(32(41)40(20,7)50)8-9-25-37(4)13-12-26(36(2,3)24(37)11-14-39(25,38)6)53-34-31(27(44)22(43)19-51-34)54-33-30(47)29(46)28(45)23(18-42)52-33/h8,20,22-34,42-47,50H,9-19H2,1-7H3,(H,48,49)/t20?,22?,23-,24+,25-,26?,27?,28-,29?,30?,31-,32-,33+,34+,37+,38-,39-,40-,41+/m1/s1. The number of ether oxygens (including phenoxy) is 4. The van der Waals surface area contributed by atoms with Gasteiger partial charge in [0.05, 0.1) is 30.3 Å². The zero-order valence-corrected chi connectivity index (χ0v) is 33.1. The molecular formula is C41H66O13. The van der Waals surface area contributed by atoms with Gasteiger partial charge in [0.25, 0.3) is 0 Å². The molecule has 2 saturated heterocycles. The topological polar surface area (TPSA) is 216 Å². The molecule has 0 spiro atoms. The average molecular weight is 767 g/mol. The van der Waals surface area contributed by atoms with Crippen LogP contribution in [-0.4, -0.2) is 127 Å². The lowest BCUT2D eigenvalue weighted by Gasteiger charge is -2.72. The van der Waals surface area contributed by atoms with Gasteiger partial charge >= 0.3 is 5.97 Å². The molecule has 6 fully saturated rings. The van der Waals surface area contributed by atoms with Crippen LogP contribution in [0.25, 0.3) is 0 Å². The lowest BCUT2D eigenvalue weighted by atomic mass is 9.33. The van der Waals surface area contributed by atoms with E-state index in [0.29, 0.717) is 31.6 Å².